The average molecular weight is 297 g/mol. The van der Waals surface area contributed by atoms with E-state index in [0.717, 1.165) is 31.6 Å². The van der Waals surface area contributed by atoms with Gasteiger partial charge in [0.1, 0.15) is 0 Å². The Hall–Kier alpha value is -1.06. The van der Waals surface area contributed by atoms with E-state index in [1.165, 1.54) is 5.56 Å². The first-order valence-electron chi connectivity index (χ1n) is 7.09. The van der Waals surface area contributed by atoms with E-state index in [1.807, 2.05) is 18.2 Å². The van der Waals surface area contributed by atoms with E-state index in [9.17, 15) is 4.79 Å². The molecule has 1 heterocycles. The zero-order valence-corrected chi connectivity index (χ0v) is 13.3. The quantitative estimate of drug-likeness (QED) is 0.879. The van der Waals surface area contributed by atoms with Gasteiger partial charge in [-0.3, -0.25) is 4.79 Å². The van der Waals surface area contributed by atoms with Gasteiger partial charge in [0.05, 0.1) is 5.92 Å². The van der Waals surface area contributed by atoms with Crippen LogP contribution in [0.3, 0.4) is 0 Å². The Balaban J connectivity index is 0.00000200. The van der Waals surface area contributed by atoms with E-state index in [1.54, 1.807) is 0 Å². The molecule has 1 aromatic rings. The number of halogens is 1. The van der Waals surface area contributed by atoms with Gasteiger partial charge < -0.3 is 10.6 Å². The second-order valence-corrected chi connectivity index (χ2v) is 6.33. The van der Waals surface area contributed by atoms with Crippen LogP contribution >= 0.6 is 12.4 Å². The van der Waals surface area contributed by atoms with Gasteiger partial charge in [-0.1, -0.05) is 39.0 Å². The number of benzene rings is 1. The number of anilines is 1. The molecule has 1 aliphatic heterocycles. The third kappa shape index (κ3) is 4.22. The maximum atomic E-state index is 12.3. The molecule has 1 aromatic carbocycles. The zero-order valence-electron chi connectivity index (χ0n) is 12.5. The summed E-state index contributed by atoms with van der Waals surface area (Å²) < 4.78 is 0. The highest BCUT2D eigenvalue weighted by molar-refractivity contribution is 5.93. The number of amides is 1. The molecule has 2 rings (SSSR count). The van der Waals surface area contributed by atoms with Crippen molar-refractivity contribution in [3.8, 4) is 0 Å². The van der Waals surface area contributed by atoms with Gasteiger partial charge in [-0.05, 0) is 36.4 Å². The predicted octanol–water partition coefficient (Wildman–Crippen LogP) is 3.34. The minimum Gasteiger partial charge on any atom is -0.326 e. The summed E-state index contributed by atoms with van der Waals surface area (Å²) in [4.78, 5) is 12.3. The third-order valence-electron chi connectivity index (χ3n) is 3.66. The molecular weight excluding hydrogens is 272 g/mol. The van der Waals surface area contributed by atoms with E-state index < -0.39 is 0 Å². The summed E-state index contributed by atoms with van der Waals surface area (Å²) in [6.45, 7) is 8.33. The maximum absolute atomic E-state index is 12.3. The third-order valence-corrected chi connectivity index (χ3v) is 3.66. The van der Waals surface area contributed by atoms with Gasteiger partial charge >= 0.3 is 0 Å². The van der Waals surface area contributed by atoms with Crippen LogP contribution in [0, 0.1) is 5.92 Å². The van der Waals surface area contributed by atoms with Crippen molar-refractivity contribution in [2.45, 2.75) is 39.0 Å². The van der Waals surface area contributed by atoms with Crippen molar-refractivity contribution < 1.29 is 4.79 Å². The van der Waals surface area contributed by atoms with Gasteiger partial charge in [0.25, 0.3) is 0 Å². The van der Waals surface area contributed by atoms with Crippen molar-refractivity contribution in [2.75, 3.05) is 18.4 Å². The second-order valence-electron chi connectivity index (χ2n) is 6.33. The summed E-state index contributed by atoms with van der Waals surface area (Å²) in [6, 6.07) is 8.09. The Kier molecular flexibility index (Phi) is 6.03. The molecule has 2 N–H and O–H groups in total. The van der Waals surface area contributed by atoms with Crippen LogP contribution in [0.5, 0.6) is 0 Å². The minimum atomic E-state index is 0. The Labute approximate surface area is 127 Å². The summed E-state index contributed by atoms with van der Waals surface area (Å²) >= 11 is 0. The molecule has 0 saturated carbocycles. The first-order chi connectivity index (χ1) is 8.98. The number of para-hydroxylation sites is 1. The Bertz CT molecular complexity index is 448. The van der Waals surface area contributed by atoms with Gasteiger partial charge in [0.15, 0.2) is 0 Å². The summed E-state index contributed by atoms with van der Waals surface area (Å²) in [7, 11) is 0. The number of piperidine rings is 1. The smallest absolute Gasteiger partial charge is 0.228 e. The Morgan fingerprint density at radius 2 is 2.00 bits per heavy atom. The number of hydrogen-bond donors (Lipinski definition) is 2. The Morgan fingerprint density at radius 3 is 2.60 bits per heavy atom. The maximum Gasteiger partial charge on any atom is 0.228 e. The lowest BCUT2D eigenvalue weighted by Crippen LogP contribution is -2.37. The fourth-order valence-electron chi connectivity index (χ4n) is 2.56. The molecule has 4 heteroatoms. The molecule has 0 bridgehead atoms. The molecule has 0 spiro atoms. The van der Waals surface area contributed by atoms with Crippen molar-refractivity contribution >= 4 is 24.0 Å². The number of nitrogens with one attached hydrogen (secondary N) is 2. The van der Waals surface area contributed by atoms with Crippen LogP contribution in [0.25, 0.3) is 0 Å². The van der Waals surface area contributed by atoms with Crippen LogP contribution in [-0.4, -0.2) is 19.0 Å². The molecule has 3 nitrogen and oxygen atoms in total. The van der Waals surface area contributed by atoms with Crippen LogP contribution < -0.4 is 10.6 Å². The number of rotatable bonds is 2. The van der Waals surface area contributed by atoms with Gasteiger partial charge in [0.2, 0.25) is 5.91 Å². The van der Waals surface area contributed by atoms with Gasteiger partial charge in [-0.2, -0.15) is 0 Å². The Morgan fingerprint density at radius 1 is 1.30 bits per heavy atom. The van der Waals surface area contributed by atoms with Crippen LogP contribution in [0.1, 0.15) is 39.2 Å². The normalized spacial score (nSPS) is 19.1. The van der Waals surface area contributed by atoms with Crippen molar-refractivity contribution in [3.05, 3.63) is 29.8 Å². The fourth-order valence-corrected chi connectivity index (χ4v) is 2.56. The van der Waals surface area contributed by atoms with Gasteiger partial charge in [-0.25, -0.2) is 0 Å². The topological polar surface area (TPSA) is 41.1 Å². The van der Waals surface area contributed by atoms with Crippen LogP contribution in [0.2, 0.25) is 0 Å². The van der Waals surface area contributed by atoms with E-state index >= 15 is 0 Å². The monoisotopic (exact) mass is 296 g/mol. The highest BCUT2D eigenvalue weighted by Crippen LogP contribution is 2.29. The number of hydrogen-bond acceptors (Lipinski definition) is 2. The summed E-state index contributed by atoms with van der Waals surface area (Å²) in [6.07, 6.45) is 2.07. The lowest BCUT2D eigenvalue weighted by atomic mass is 9.85. The standard InChI is InChI=1S/C16H24N2O.ClH/c1-16(2,3)13-8-4-5-9-14(13)18-15(19)12-7-6-10-17-11-12;/h4-5,8-9,12,17H,6-7,10-11H2,1-3H3,(H,18,19);1H. The lowest BCUT2D eigenvalue weighted by Gasteiger charge is -2.26. The molecule has 0 aliphatic carbocycles. The second kappa shape index (κ2) is 7.09. The summed E-state index contributed by atoms with van der Waals surface area (Å²) in [5.41, 5.74) is 2.17. The first kappa shape index (κ1) is 17.0. The van der Waals surface area contributed by atoms with Gasteiger partial charge in [-0.15, -0.1) is 12.4 Å². The lowest BCUT2D eigenvalue weighted by molar-refractivity contribution is -0.120. The molecular formula is C16H25ClN2O. The van der Waals surface area contributed by atoms with Crippen LogP contribution in [0.4, 0.5) is 5.69 Å². The van der Waals surface area contributed by atoms with E-state index in [0.29, 0.717) is 0 Å². The SMILES string of the molecule is CC(C)(C)c1ccccc1NC(=O)C1CCCNC1.Cl. The number of carbonyl (C=O) groups excluding carboxylic acids is 1. The molecule has 0 radical (unpaired) electrons. The van der Waals surface area contributed by atoms with Gasteiger partial charge in [0, 0.05) is 12.2 Å². The van der Waals surface area contributed by atoms with Crippen LogP contribution in [-0.2, 0) is 10.2 Å². The average Bonchev–Trinajstić information content (AvgIpc) is 2.39. The molecule has 1 atom stereocenters. The van der Waals surface area contributed by atoms with Crippen molar-refractivity contribution in [1.82, 2.24) is 5.32 Å². The molecule has 20 heavy (non-hydrogen) atoms. The molecule has 1 amide bonds. The van der Waals surface area contributed by atoms with E-state index in [2.05, 4.69) is 37.5 Å². The van der Waals surface area contributed by atoms with Crippen LogP contribution in [0.15, 0.2) is 24.3 Å². The zero-order chi connectivity index (χ0) is 13.9. The summed E-state index contributed by atoms with van der Waals surface area (Å²) in [5.74, 6) is 0.241. The molecule has 1 fully saturated rings. The van der Waals surface area contributed by atoms with Crippen molar-refractivity contribution in [2.24, 2.45) is 5.92 Å². The predicted molar refractivity (Wildman–Crippen MR) is 86.6 cm³/mol. The number of carbonyl (C=O) groups is 1. The highest BCUT2D eigenvalue weighted by Gasteiger charge is 2.23. The molecule has 112 valence electrons. The highest BCUT2D eigenvalue weighted by atomic mass is 35.5. The van der Waals surface area contributed by atoms with E-state index in [4.69, 9.17) is 0 Å². The largest absolute Gasteiger partial charge is 0.326 e. The van der Waals surface area contributed by atoms with Crippen molar-refractivity contribution in [1.29, 1.82) is 0 Å². The minimum absolute atomic E-state index is 0. The first-order valence-corrected chi connectivity index (χ1v) is 7.09. The molecule has 0 aromatic heterocycles. The summed E-state index contributed by atoms with van der Waals surface area (Å²) in [5, 5.41) is 6.39. The van der Waals surface area contributed by atoms with Crippen molar-refractivity contribution in [3.63, 3.8) is 0 Å². The molecule has 1 saturated heterocycles. The molecule has 1 aliphatic rings. The fraction of sp³-hybridized carbons (Fsp3) is 0.562. The van der Waals surface area contributed by atoms with E-state index in [-0.39, 0.29) is 29.6 Å². The molecule has 1 unspecified atom stereocenters.